The molecule has 0 atom stereocenters. The van der Waals surface area contributed by atoms with Crippen LogP contribution in [0.1, 0.15) is 24.2 Å². The van der Waals surface area contributed by atoms with E-state index in [4.69, 9.17) is 4.74 Å². The highest BCUT2D eigenvalue weighted by Crippen LogP contribution is 2.20. The van der Waals surface area contributed by atoms with E-state index in [9.17, 15) is 14.7 Å². The second-order valence-electron chi connectivity index (χ2n) is 4.41. The van der Waals surface area contributed by atoms with Crippen LogP contribution in [0.5, 0.6) is 0 Å². The van der Waals surface area contributed by atoms with Gasteiger partial charge in [0.05, 0.1) is 17.7 Å². The molecule has 2 rings (SSSR count). The lowest BCUT2D eigenvalue weighted by Gasteiger charge is -2.07. The number of hydrogen-bond acceptors (Lipinski definition) is 6. The van der Waals surface area contributed by atoms with E-state index in [1.54, 1.807) is 31.2 Å². The molecular weight excluding hydrogens is 286 g/mol. The third-order valence-corrected chi connectivity index (χ3v) is 2.86. The van der Waals surface area contributed by atoms with Crippen LogP contribution in [0.2, 0.25) is 0 Å². The highest BCUT2D eigenvalue weighted by Gasteiger charge is 2.12. The minimum absolute atomic E-state index is 0.108. The molecule has 2 aromatic rings. The summed E-state index contributed by atoms with van der Waals surface area (Å²) >= 11 is 0. The first-order valence-corrected chi connectivity index (χ1v) is 6.63. The lowest BCUT2D eigenvalue weighted by molar-refractivity contribution is -0.135. The molecule has 2 N–H and O–H groups in total. The zero-order chi connectivity index (χ0) is 16.1. The molecule has 22 heavy (non-hydrogen) atoms. The molecule has 0 aliphatic heterocycles. The summed E-state index contributed by atoms with van der Waals surface area (Å²) < 4.78 is 4.80. The Kier molecular flexibility index (Phi) is 4.67. The molecule has 0 unspecified atom stereocenters. The van der Waals surface area contributed by atoms with Gasteiger partial charge in [0.25, 0.3) is 0 Å². The number of anilines is 1. The first kappa shape index (κ1) is 15.4. The van der Waals surface area contributed by atoms with E-state index in [0.29, 0.717) is 10.9 Å². The van der Waals surface area contributed by atoms with Crippen LogP contribution in [-0.2, 0) is 9.53 Å². The molecule has 0 aliphatic carbocycles. The summed E-state index contributed by atoms with van der Waals surface area (Å²) in [5.74, 6) is -1.37. The predicted octanol–water partition coefficient (Wildman–Crippen LogP) is 2.28. The summed E-state index contributed by atoms with van der Waals surface area (Å²) in [5.41, 5.74) is 3.33. The number of hydrogen-bond donors (Lipinski definition) is 2. The largest absolute Gasteiger partial charge is 0.478 e. The molecule has 0 spiro atoms. The number of esters is 1. The predicted molar refractivity (Wildman–Crippen MR) is 82.1 cm³/mol. The van der Waals surface area contributed by atoms with Crippen LogP contribution in [0.4, 0.5) is 5.82 Å². The number of nitrogens with one attached hydrogen (secondary N) is 1. The van der Waals surface area contributed by atoms with E-state index in [1.807, 2.05) is 0 Å². The summed E-state index contributed by atoms with van der Waals surface area (Å²) in [7, 11) is 0. The van der Waals surface area contributed by atoms with Gasteiger partial charge in [-0.1, -0.05) is 18.2 Å². The summed E-state index contributed by atoms with van der Waals surface area (Å²) in [6.45, 7) is 3.44. The van der Waals surface area contributed by atoms with Crippen molar-refractivity contribution in [2.24, 2.45) is 5.10 Å². The molecule has 1 aromatic heterocycles. The lowest BCUT2D eigenvalue weighted by atomic mass is 10.1. The molecule has 1 aromatic carbocycles. The average molecular weight is 301 g/mol. The quantitative estimate of drug-likeness (QED) is 0.499. The maximum Gasteiger partial charge on any atom is 0.354 e. The Hall–Kier alpha value is -2.96. The number of hydrazone groups is 1. The smallest absolute Gasteiger partial charge is 0.354 e. The van der Waals surface area contributed by atoms with Gasteiger partial charge in [-0.3, -0.25) is 5.43 Å². The van der Waals surface area contributed by atoms with E-state index in [0.717, 1.165) is 0 Å². The van der Waals surface area contributed by atoms with Gasteiger partial charge in [-0.2, -0.15) is 5.10 Å². The summed E-state index contributed by atoms with van der Waals surface area (Å²) in [4.78, 5) is 27.0. The van der Waals surface area contributed by atoms with Crippen LogP contribution in [0.3, 0.4) is 0 Å². The average Bonchev–Trinajstić information content (AvgIpc) is 2.51. The van der Waals surface area contributed by atoms with Crippen molar-refractivity contribution in [2.75, 3.05) is 12.0 Å². The number of nitrogens with zero attached hydrogens (tertiary/aromatic N) is 2. The number of carboxylic acid groups (broad SMARTS) is 1. The molecular formula is C15H15N3O4. The van der Waals surface area contributed by atoms with Gasteiger partial charge in [0.15, 0.2) is 0 Å². The third kappa shape index (κ3) is 3.38. The first-order chi connectivity index (χ1) is 10.5. The van der Waals surface area contributed by atoms with Gasteiger partial charge in [-0.05, 0) is 26.0 Å². The molecule has 0 amide bonds. The van der Waals surface area contributed by atoms with Crippen molar-refractivity contribution in [3.63, 3.8) is 0 Å². The minimum atomic E-state index is -1.06. The van der Waals surface area contributed by atoms with E-state index < -0.39 is 11.9 Å². The number of ether oxygens (including phenoxy) is 1. The number of para-hydroxylation sites is 1. The van der Waals surface area contributed by atoms with Crippen LogP contribution in [-0.4, -0.2) is 34.3 Å². The number of carboxylic acids is 1. The van der Waals surface area contributed by atoms with E-state index >= 15 is 0 Å². The number of aromatic nitrogens is 1. The number of benzene rings is 1. The van der Waals surface area contributed by atoms with E-state index in [-0.39, 0.29) is 23.7 Å². The fraction of sp³-hybridized carbons (Fsp3) is 0.200. The van der Waals surface area contributed by atoms with E-state index in [2.05, 4.69) is 15.5 Å². The van der Waals surface area contributed by atoms with Crippen LogP contribution in [0.25, 0.3) is 10.9 Å². The number of carbonyl (C=O) groups is 2. The number of rotatable bonds is 5. The summed E-state index contributed by atoms with van der Waals surface area (Å²) in [6.07, 6.45) is 0. The van der Waals surface area contributed by atoms with Crippen molar-refractivity contribution in [1.29, 1.82) is 0 Å². The van der Waals surface area contributed by atoms with Crippen LogP contribution in [0.15, 0.2) is 35.4 Å². The van der Waals surface area contributed by atoms with Crippen molar-refractivity contribution < 1.29 is 19.4 Å². The van der Waals surface area contributed by atoms with Crippen LogP contribution >= 0.6 is 0 Å². The molecule has 7 nitrogen and oxygen atoms in total. The monoisotopic (exact) mass is 301 g/mol. The SMILES string of the molecule is CCOC(=O)C(C)=NNc1cc(C(=O)O)c2ccccc2n1. The molecule has 0 fully saturated rings. The highest BCUT2D eigenvalue weighted by atomic mass is 16.5. The van der Waals surface area contributed by atoms with Crippen LogP contribution < -0.4 is 5.43 Å². The zero-order valence-corrected chi connectivity index (χ0v) is 12.2. The number of carbonyl (C=O) groups excluding carboxylic acids is 1. The summed E-state index contributed by atoms with van der Waals surface area (Å²) in [6, 6.07) is 8.26. The Balaban J connectivity index is 2.34. The van der Waals surface area contributed by atoms with Crippen molar-refractivity contribution in [3.05, 3.63) is 35.9 Å². The maximum atomic E-state index is 11.4. The van der Waals surface area contributed by atoms with Gasteiger partial charge in [0.1, 0.15) is 11.5 Å². The van der Waals surface area contributed by atoms with Gasteiger partial charge < -0.3 is 9.84 Å². The molecule has 0 bridgehead atoms. The Morgan fingerprint density at radius 2 is 2.09 bits per heavy atom. The molecule has 0 aliphatic rings. The third-order valence-electron chi connectivity index (χ3n) is 2.86. The van der Waals surface area contributed by atoms with Gasteiger partial charge in [0.2, 0.25) is 0 Å². The molecule has 1 heterocycles. The van der Waals surface area contributed by atoms with E-state index in [1.165, 1.54) is 13.0 Å². The molecule has 0 saturated heterocycles. The standard InChI is InChI=1S/C15H15N3O4/c1-3-22-15(21)9(2)17-18-13-8-11(14(19)20)10-6-4-5-7-12(10)16-13/h4-8H,3H2,1-2H3,(H,16,18)(H,19,20). The van der Waals surface area contributed by atoms with Crippen molar-refractivity contribution in [2.45, 2.75) is 13.8 Å². The Bertz CT molecular complexity index is 756. The molecule has 7 heteroatoms. The second-order valence-corrected chi connectivity index (χ2v) is 4.41. The van der Waals surface area contributed by atoms with Gasteiger partial charge in [-0.25, -0.2) is 14.6 Å². The Morgan fingerprint density at radius 1 is 1.36 bits per heavy atom. The zero-order valence-electron chi connectivity index (χ0n) is 12.2. The normalized spacial score (nSPS) is 11.3. The number of fused-ring (bicyclic) bond motifs is 1. The number of pyridine rings is 1. The second kappa shape index (κ2) is 6.66. The molecule has 0 saturated carbocycles. The molecule has 0 radical (unpaired) electrons. The maximum absolute atomic E-state index is 11.4. The molecule has 114 valence electrons. The van der Waals surface area contributed by atoms with Crippen molar-refractivity contribution in [1.82, 2.24) is 4.98 Å². The fourth-order valence-corrected chi connectivity index (χ4v) is 1.83. The summed E-state index contributed by atoms with van der Waals surface area (Å²) in [5, 5.41) is 13.7. The highest BCUT2D eigenvalue weighted by molar-refractivity contribution is 6.35. The van der Waals surface area contributed by atoms with Gasteiger partial charge in [-0.15, -0.1) is 0 Å². The van der Waals surface area contributed by atoms with Gasteiger partial charge >= 0.3 is 11.9 Å². The van der Waals surface area contributed by atoms with Crippen molar-refractivity contribution in [3.8, 4) is 0 Å². The Morgan fingerprint density at radius 3 is 2.77 bits per heavy atom. The van der Waals surface area contributed by atoms with Crippen molar-refractivity contribution >= 4 is 34.4 Å². The minimum Gasteiger partial charge on any atom is -0.478 e. The lowest BCUT2D eigenvalue weighted by Crippen LogP contribution is -2.15. The van der Waals surface area contributed by atoms with Crippen LogP contribution in [0, 0.1) is 0 Å². The topological polar surface area (TPSA) is 101 Å². The fourth-order valence-electron chi connectivity index (χ4n) is 1.83. The van der Waals surface area contributed by atoms with Gasteiger partial charge in [0, 0.05) is 5.39 Å². The first-order valence-electron chi connectivity index (χ1n) is 6.63. The Labute approximate surface area is 126 Å². The number of aromatic carboxylic acids is 1.